The minimum Gasteiger partial charge on any atom is -0.469 e. The first kappa shape index (κ1) is 17.8. The van der Waals surface area contributed by atoms with E-state index >= 15 is 0 Å². The third-order valence-electron chi connectivity index (χ3n) is 2.96. The molecule has 0 fully saturated rings. The number of hydrogen-bond acceptors (Lipinski definition) is 4. The molecule has 0 saturated carbocycles. The van der Waals surface area contributed by atoms with Crippen molar-refractivity contribution >= 4 is 5.97 Å². The number of esters is 1. The quantitative estimate of drug-likeness (QED) is 0.616. The van der Waals surface area contributed by atoms with E-state index < -0.39 is 41.4 Å². The lowest BCUT2D eigenvalue weighted by Crippen LogP contribution is -2.11. The first-order valence-corrected chi connectivity index (χ1v) is 6.32. The fourth-order valence-electron chi connectivity index (χ4n) is 1.82. The van der Waals surface area contributed by atoms with Crippen LogP contribution in [0.4, 0.5) is 26.3 Å². The molecule has 1 aromatic carbocycles. The van der Waals surface area contributed by atoms with E-state index in [9.17, 15) is 31.1 Å². The molecule has 0 N–H and O–H groups in total. The highest BCUT2D eigenvalue weighted by atomic mass is 19.4. The molecule has 10 heteroatoms. The van der Waals surface area contributed by atoms with Crippen LogP contribution in [0.3, 0.4) is 0 Å². The number of alkyl halides is 6. The Hall–Kier alpha value is -2.52. The van der Waals surface area contributed by atoms with Gasteiger partial charge in [-0.05, 0) is 18.2 Å². The molecular formula is C14H9F6NO3. The summed E-state index contributed by atoms with van der Waals surface area (Å²) in [6, 6.07) is 1.06. The van der Waals surface area contributed by atoms with Crippen LogP contribution in [0.1, 0.15) is 17.0 Å². The summed E-state index contributed by atoms with van der Waals surface area (Å²) in [5, 5.41) is 0. The molecule has 1 heterocycles. The number of halogens is 6. The smallest absolute Gasteiger partial charge is 0.416 e. The highest BCUT2D eigenvalue weighted by Crippen LogP contribution is 2.38. The van der Waals surface area contributed by atoms with Crippen molar-refractivity contribution in [3.63, 3.8) is 0 Å². The fraction of sp³-hybridized carbons (Fsp3) is 0.286. The standard InChI is InChI=1S/C14H9F6NO3/c1-23-12(22)5-11-21-10(6-24-11)7-2-8(13(15,16)17)4-9(3-7)14(18,19)20/h2-4,6H,5H2,1H3. The van der Waals surface area contributed by atoms with Crippen molar-refractivity contribution in [3.05, 3.63) is 41.5 Å². The van der Waals surface area contributed by atoms with Gasteiger partial charge in [-0.1, -0.05) is 0 Å². The molecule has 0 aliphatic carbocycles. The van der Waals surface area contributed by atoms with Crippen molar-refractivity contribution in [2.75, 3.05) is 7.11 Å². The summed E-state index contributed by atoms with van der Waals surface area (Å²) in [5.41, 5.74) is -3.63. The third kappa shape index (κ3) is 4.06. The number of aromatic nitrogens is 1. The van der Waals surface area contributed by atoms with E-state index in [1.807, 2.05) is 0 Å². The molecule has 2 aromatic rings. The largest absolute Gasteiger partial charge is 0.469 e. The molecule has 24 heavy (non-hydrogen) atoms. The van der Waals surface area contributed by atoms with Crippen LogP contribution in [0.2, 0.25) is 0 Å². The lowest BCUT2D eigenvalue weighted by atomic mass is 10.0. The molecule has 1 aromatic heterocycles. The lowest BCUT2D eigenvalue weighted by Gasteiger charge is -2.13. The van der Waals surface area contributed by atoms with Gasteiger partial charge >= 0.3 is 18.3 Å². The molecule has 0 radical (unpaired) electrons. The molecule has 0 aliphatic rings. The zero-order valence-electron chi connectivity index (χ0n) is 12.0. The summed E-state index contributed by atoms with van der Waals surface area (Å²) in [7, 11) is 1.11. The second-order valence-electron chi connectivity index (χ2n) is 4.67. The van der Waals surface area contributed by atoms with Crippen molar-refractivity contribution in [2.45, 2.75) is 18.8 Å². The monoisotopic (exact) mass is 353 g/mol. The van der Waals surface area contributed by atoms with E-state index in [4.69, 9.17) is 4.42 Å². The van der Waals surface area contributed by atoms with Gasteiger partial charge in [-0.3, -0.25) is 4.79 Å². The second-order valence-corrected chi connectivity index (χ2v) is 4.67. The summed E-state index contributed by atoms with van der Waals surface area (Å²) in [4.78, 5) is 14.8. The Bertz CT molecular complexity index is 715. The Labute approximate surface area is 131 Å². The minimum atomic E-state index is -4.96. The van der Waals surface area contributed by atoms with Crippen LogP contribution in [0, 0.1) is 0 Å². The molecule has 130 valence electrons. The number of benzene rings is 1. The normalized spacial score (nSPS) is 12.3. The molecule has 0 spiro atoms. The molecule has 0 unspecified atom stereocenters. The number of methoxy groups -OCH3 is 1. The molecule has 0 atom stereocenters. The number of ether oxygens (including phenoxy) is 1. The van der Waals surface area contributed by atoms with Gasteiger partial charge < -0.3 is 9.15 Å². The second kappa shape index (κ2) is 6.17. The Morgan fingerprint density at radius 1 is 1.08 bits per heavy atom. The van der Waals surface area contributed by atoms with Gasteiger partial charge in [0, 0.05) is 5.56 Å². The Balaban J connectivity index is 2.48. The number of rotatable bonds is 3. The van der Waals surface area contributed by atoms with Crippen molar-refractivity contribution in [1.82, 2.24) is 4.98 Å². The van der Waals surface area contributed by atoms with Gasteiger partial charge in [0.05, 0.1) is 18.2 Å². The maximum Gasteiger partial charge on any atom is 0.416 e. The predicted molar refractivity (Wildman–Crippen MR) is 67.7 cm³/mol. The number of carbonyl (C=O) groups is 1. The van der Waals surface area contributed by atoms with Crippen LogP contribution >= 0.6 is 0 Å². The van der Waals surface area contributed by atoms with E-state index in [1.54, 1.807) is 0 Å². The summed E-state index contributed by atoms with van der Waals surface area (Å²) < 4.78 is 86.0. The van der Waals surface area contributed by atoms with E-state index in [0.29, 0.717) is 12.1 Å². The van der Waals surface area contributed by atoms with Crippen LogP contribution < -0.4 is 0 Å². The number of hydrogen-bond donors (Lipinski definition) is 0. The van der Waals surface area contributed by atoms with Crippen molar-refractivity contribution < 1.29 is 40.3 Å². The summed E-state index contributed by atoms with van der Waals surface area (Å²) in [5.74, 6) is -0.911. The van der Waals surface area contributed by atoms with Crippen LogP contribution in [0.5, 0.6) is 0 Å². The van der Waals surface area contributed by atoms with Gasteiger partial charge in [0.1, 0.15) is 18.4 Å². The van der Waals surface area contributed by atoms with Crippen LogP contribution in [0.25, 0.3) is 11.3 Å². The van der Waals surface area contributed by atoms with Gasteiger partial charge in [-0.25, -0.2) is 4.98 Å². The predicted octanol–water partition coefficient (Wildman–Crippen LogP) is 4.09. The highest BCUT2D eigenvalue weighted by molar-refractivity contribution is 5.71. The van der Waals surface area contributed by atoms with Crippen LogP contribution in [0.15, 0.2) is 28.9 Å². The summed E-state index contributed by atoms with van der Waals surface area (Å²) in [6.07, 6.45) is -9.46. The van der Waals surface area contributed by atoms with E-state index in [0.717, 1.165) is 13.4 Å². The van der Waals surface area contributed by atoms with Crippen LogP contribution in [-0.4, -0.2) is 18.1 Å². The zero-order chi connectivity index (χ0) is 18.1. The van der Waals surface area contributed by atoms with E-state index in [-0.39, 0.29) is 17.7 Å². The molecular weight excluding hydrogens is 344 g/mol. The number of carbonyl (C=O) groups excluding carboxylic acids is 1. The molecule has 4 nitrogen and oxygen atoms in total. The highest BCUT2D eigenvalue weighted by Gasteiger charge is 2.37. The topological polar surface area (TPSA) is 52.3 Å². The fourth-order valence-corrected chi connectivity index (χ4v) is 1.82. The number of oxazole rings is 1. The zero-order valence-corrected chi connectivity index (χ0v) is 12.0. The van der Waals surface area contributed by atoms with Gasteiger partial charge in [-0.15, -0.1) is 0 Å². The first-order valence-electron chi connectivity index (χ1n) is 6.32. The average molecular weight is 353 g/mol. The first-order chi connectivity index (χ1) is 11.0. The van der Waals surface area contributed by atoms with Gasteiger partial charge in [0.2, 0.25) is 5.89 Å². The Kier molecular flexibility index (Phi) is 4.59. The lowest BCUT2D eigenvalue weighted by molar-refractivity contribution is -0.143. The van der Waals surface area contributed by atoms with Crippen molar-refractivity contribution in [1.29, 1.82) is 0 Å². The number of nitrogens with zero attached hydrogens (tertiary/aromatic N) is 1. The minimum absolute atomic E-state index is 0.0128. The SMILES string of the molecule is COC(=O)Cc1nc(-c2cc(C(F)(F)F)cc(C(F)(F)F)c2)co1. The molecule has 0 saturated heterocycles. The molecule has 0 amide bonds. The maximum absolute atomic E-state index is 12.8. The van der Waals surface area contributed by atoms with Gasteiger partial charge in [0.15, 0.2) is 0 Å². The van der Waals surface area contributed by atoms with E-state index in [1.165, 1.54) is 0 Å². The molecule has 0 bridgehead atoms. The molecule has 0 aliphatic heterocycles. The Morgan fingerprint density at radius 3 is 2.08 bits per heavy atom. The van der Waals surface area contributed by atoms with Crippen LogP contribution in [-0.2, 0) is 28.3 Å². The summed E-state index contributed by atoms with van der Waals surface area (Å²) in [6.45, 7) is 0. The molecule has 2 rings (SSSR count). The average Bonchev–Trinajstić information content (AvgIpc) is 2.93. The maximum atomic E-state index is 12.8. The van der Waals surface area contributed by atoms with Crippen molar-refractivity contribution in [2.24, 2.45) is 0 Å². The van der Waals surface area contributed by atoms with E-state index in [2.05, 4.69) is 9.72 Å². The van der Waals surface area contributed by atoms with Crippen molar-refractivity contribution in [3.8, 4) is 11.3 Å². The van der Waals surface area contributed by atoms with Gasteiger partial charge in [0.25, 0.3) is 0 Å². The third-order valence-corrected chi connectivity index (χ3v) is 2.96. The Morgan fingerprint density at radius 2 is 1.62 bits per heavy atom. The summed E-state index contributed by atoms with van der Waals surface area (Å²) >= 11 is 0. The van der Waals surface area contributed by atoms with Gasteiger partial charge in [-0.2, -0.15) is 26.3 Å².